The van der Waals surface area contributed by atoms with Crippen LogP contribution in [-0.4, -0.2) is 40.1 Å². The molecule has 1 aromatic heterocycles. The Kier molecular flexibility index (Phi) is 3.94. The maximum absolute atomic E-state index is 5.90. The predicted octanol–water partition coefficient (Wildman–Crippen LogP) is 2.04. The third-order valence-electron chi connectivity index (χ3n) is 3.16. The lowest BCUT2D eigenvalue weighted by molar-refractivity contribution is 0.0673. The molecule has 0 bridgehead atoms. The van der Waals surface area contributed by atoms with E-state index in [1.807, 2.05) is 6.92 Å². The molecule has 0 aliphatic carbocycles. The van der Waals surface area contributed by atoms with Crippen molar-refractivity contribution in [3.8, 4) is 5.88 Å². The van der Waals surface area contributed by atoms with Gasteiger partial charge in [0, 0.05) is 18.8 Å². The van der Waals surface area contributed by atoms with Gasteiger partial charge in [-0.25, -0.2) is 4.98 Å². The molecule has 4 heteroatoms. The van der Waals surface area contributed by atoms with Gasteiger partial charge in [0.05, 0.1) is 11.9 Å². The third kappa shape index (κ3) is 3.40. The lowest BCUT2D eigenvalue weighted by Crippen LogP contribution is -2.44. The lowest BCUT2D eigenvalue weighted by Gasteiger charge is -2.35. The van der Waals surface area contributed by atoms with Crippen LogP contribution in [0.25, 0.3) is 0 Å². The van der Waals surface area contributed by atoms with Crippen molar-refractivity contribution < 1.29 is 4.74 Å². The van der Waals surface area contributed by atoms with Gasteiger partial charge in [0.2, 0.25) is 5.88 Å². The fourth-order valence-electron chi connectivity index (χ4n) is 2.20. The van der Waals surface area contributed by atoms with Crippen LogP contribution in [0.2, 0.25) is 0 Å². The largest absolute Gasteiger partial charge is 0.472 e. The minimum Gasteiger partial charge on any atom is -0.472 e. The van der Waals surface area contributed by atoms with Crippen molar-refractivity contribution >= 4 is 0 Å². The smallest absolute Gasteiger partial charge is 0.232 e. The minimum atomic E-state index is 0.252. The van der Waals surface area contributed by atoms with E-state index in [9.17, 15) is 0 Å². The summed E-state index contributed by atoms with van der Waals surface area (Å²) in [6.45, 7) is 8.56. The van der Waals surface area contributed by atoms with E-state index in [-0.39, 0.29) is 6.10 Å². The fourth-order valence-corrected chi connectivity index (χ4v) is 2.20. The van der Waals surface area contributed by atoms with Crippen LogP contribution in [0, 0.1) is 6.92 Å². The van der Waals surface area contributed by atoms with Gasteiger partial charge in [-0.1, -0.05) is 0 Å². The molecule has 0 aromatic carbocycles. The third-order valence-corrected chi connectivity index (χ3v) is 3.16. The number of hydrogen-bond acceptors (Lipinski definition) is 4. The van der Waals surface area contributed by atoms with Gasteiger partial charge in [0.1, 0.15) is 6.10 Å². The maximum Gasteiger partial charge on any atom is 0.232 e. The van der Waals surface area contributed by atoms with Crippen LogP contribution >= 0.6 is 0 Å². The maximum atomic E-state index is 5.90. The van der Waals surface area contributed by atoms with E-state index in [2.05, 4.69) is 28.7 Å². The summed E-state index contributed by atoms with van der Waals surface area (Å²) in [5, 5.41) is 0. The van der Waals surface area contributed by atoms with Crippen LogP contribution in [0.4, 0.5) is 0 Å². The highest BCUT2D eigenvalue weighted by Crippen LogP contribution is 2.17. The van der Waals surface area contributed by atoms with Gasteiger partial charge in [-0.3, -0.25) is 9.88 Å². The second kappa shape index (κ2) is 5.45. The normalized spacial score (nSPS) is 21.8. The summed E-state index contributed by atoms with van der Waals surface area (Å²) in [4.78, 5) is 10.9. The highest BCUT2D eigenvalue weighted by atomic mass is 16.5. The molecule has 1 aromatic rings. The summed E-state index contributed by atoms with van der Waals surface area (Å²) < 4.78 is 5.90. The van der Waals surface area contributed by atoms with Gasteiger partial charge in [-0.15, -0.1) is 0 Å². The lowest BCUT2D eigenvalue weighted by atomic mass is 10.1. The molecular weight excluding hydrogens is 214 g/mol. The Morgan fingerprint density at radius 2 is 2.24 bits per heavy atom. The van der Waals surface area contributed by atoms with Crippen molar-refractivity contribution in [2.75, 3.05) is 13.1 Å². The molecule has 1 aliphatic heterocycles. The van der Waals surface area contributed by atoms with E-state index in [1.165, 1.54) is 13.0 Å². The first-order valence-corrected chi connectivity index (χ1v) is 6.34. The Labute approximate surface area is 103 Å². The summed E-state index contributed by atoms with van der Waals surface area (Å²) >= 11 is 0. The summed E-state index contributed by atoms with van der Waals surface area (Å²) in [5.41, 5.74) is 0.902. The molecule has 0 amide bonds. The van der Waals surface area contributed by atoms with Crippen LogP contribution < -0.4 is 4.74 Å². The van der Waals surface area contributed by atoms with Crippen molar-refractivity contribution in [3.63, 3.8) is 0 Å². The summed E-state index contributed by atoms with van der Waals surface area (Å²) in [7, 11) is 0. The predicted molar refractivity (Wildman–Crippen MR) is 67.1 cm³/mol. The molecule has 17 heavy (non-hydrogen) atoms. The SMILES string of the molecule is Cc1cncc(OC2CCCN(C(C)C)C2)n1. The second-order valence-electron chi connectivity index (χ2n) is 4.97. The number of aromatic nitrogens is 2. The molecule has 1 saturated heterocycles. The zero-order valence-corrected chi connectivity index (χ0v) is 10.9. The first kappa shape index (κ1) is 12.3. The number of ether oxygens (including phenoxy) is 1. The average molecular weight is 235 g/mol. The Bertz CT molecular complexity index is 367. The second-order valence-corrected chi connectivity index (χ2v) is 4.97. The number of aryl methyl sites for hydroxylation is 1. The molecule has 0 radical (unpaired) electrons. The Morgan fingerprint density at radius 1 is 1.41 bits per heavy atom. The van der Waals surface area contributed by atoms with Crippen LogP contribution in [0.1, 0.15) is 32.4 Å². The number of hydrogen-bond donors (Lipinski definition) is 0. The Balaban J connectivity index is 1.94. The summed E-state index contributed by atoms with van der Waals surface area (Å²) in [6, 6.07) is 0.588. The Hall–Kier alpha value is -1.16. The van der Waals surface area contributed by atoms with E-state index in [0.717, 1.165) is 18.7 Å². The number of likely N-dealkylation sites (tertiary alicyclic amines) is 1. The van der Waals surface area contributed by atoms with Gasteiger partial charge in [-0.05, 0) is 40.2 Å². The van der Waals surface area contributed by atoms with Crippen molar-refractivity contribution in [1.82, 2.24) is 14.9 Å². The molecule has 4 nitrogen and oxygen atoms in total. The van der Waals surface area contributed by atoms with Crippen LogP contribution in [0.15, 0.2) is 12.4 Å². The number of nitrogens with zero attached hydrogens (tertiary/aromatic N) is 3. The number of piperidine rings is 1. The molecule has 0 spiro atoms. The summed E-state index contributed by atoms with van der Waals surface area (Å²) in [5.74, 6) is 0.653. The topological polar surface area (TPSA) is 38.2 Å². The molecular formula is C13H21N3O. The van der Waals surface area contributed by atoms with Crippen molar-refractivity contribution in [3.05, 3.63) is 18.1 Å². The quantitative estimate of drug-likeness (QED) is 0.803. The first-order chi connectivity index (χ1) is 8.15. The zero-order valence-electron chi connectivity index (χ0n) is 10.9. The molecule has 2 rings (SSSR count). The van der Waals surface area contributed by atoms with Crippen LogP contribution in [-0.2, 0) is 0 Å². The molecule has 1 atom stereocenters. The van der Waals surface area contributed by atoms with Crippen molar-refractivity contribution in [2.24, 2.45) is 0 Å². The highest BCUT2D eigenvalue weighted by Gasteiger charge is 2.23. The van der Waals surface area contributed by atoms with E-state index in [0.29, 0.717) is 11.9 Å². The Morgan fingerprint density at radius 3 is 2.94 bits per heavy atom. The summed E-state index contributed by atoms with van der Waals surface area (Å²) in [6.07, 6.45) is 6.00. The monoisotopic (exact) mass is 235 g/mol. The van der Waals surface area contributed by atoms with Gasteiger partial charge < -0.3 is 4.74 Å². The van der Waals surface area contributed by atoms with E-state index < -0.39 is 0 Å². The zero-order chi connectivity index (χ0) is 12.3. The molecule has 0 N–H and O–H groups in total. The fraction of sp³-hybridized carbons (Fsp3) is 0.692. The standard InChI is InChI=1S/C13H21N3O/c1-10(2)16-6-4-5-12(9-16)17-13-8-14-7-11(3)15-13/h7-8,10,12H,4-6,9H2,1-3H3. The van der Waals surface area contributed by atoms with Crippen LogP contribution in [0.3, 0.4) is 0 Å². The van der Waals surface area contributed by atoms with Crippen molar-refractivity contribution in [1.29, 1.82) is 0 Å². The van der Waals surface area contributed by atoms with Crippen molar-refractivity contribution in [2.45, 2.75) is 45.8 Å². The van der Waals surface area contributed by atoms with Gasteiger partial charge >= 0.3 is 0 Å². The molecule has 1 unspecified atom stereocenters. The van der Waals surface area contributed by atoms with E-state index >= 15 is 0 Å². The first-order valence-electron chi connectivity index (χ1n) is 6.34. The molecule has 1 aliphatic rings. The van der Waals surface area contributed by atoms with Gasteiger partial charge in [0.25, 0.3) is 0 Å². The molecule has 94 valence electrons. The minimum absolute atomic E-state index is 0.252. The number of rotatable bonds is 3. The average Bonchev–Trinajstić information content (AvgIpc) is 2.29. The van der Waals surface area contributed by atoms with E-state index in [4.69, 9.17) is 4.74 Å². The highest BCUT2D eigenvalue weighted by molar-refractivity contribution is 5.07. The van der Waals surface area contributed by atoms with Crippen LogP contribution in [0.5, 0.6) is 5.88 Å². The van der Waals surface area contributed by atoms with E-state index in [1.54, 1.807) is 12.4 Å². The molecule has 2 heterocycles. The molecule has 0 saturated carbocycles. The van der Waals surface area contributed by atoms with Gasteiger partial charge in [0.15, 0.2) is 0 Å². The van der Waals surface area contributed by atoms with Gasteiger partial charge in [-0.2, -0.15) is 0 Å². The molecule has 1 fully saturated rings.